The molecule has 11 heteroatoms. The highest BCUT2D eigenvalue weighted by Crippen LogP contribution is 2.21. The van der Waals surface area contributed by atoms with E-state index in [4.69, 9.17) is 15.2 Å². The van der Waals surface area contributed by atoms with Gasteiger partial charge in [-0.05, 0) is 18.1 Å². The van der Waals surface area contributed by atoms with Gasteiger partial charge in [0.1, 0.15) is 19.3 Å². The number of anilines is 2. The van der Waals surface area contributed by atoms with Gasteiger partial charge >= 0.3 is 11.9 Å². The van der Waals surface area contributed by atoms with Crippen LogP contribution in [0, 0.1) is 0 Å². The van der Waals surface area contributed by atoms with Gasteiger partial charge in [-0.25, -0.2) is 9.48 Å². The summed E-state index contributed by atoms with van der Waals surface area (Å²) in [7, 11) is 0. The number of nitrogens with two attached hydrogens (primary N) is 1. The van der Waals surface area contributed by atoms with Crippen molar-refractivity contribution >= 4 is 34.9 Å². The van der Waals surface area contributed by atoms with Crippen molar-refractivity contribution in [2.24, 2.45) is 0 Å². The SMILES string of the molecule is CCn1nnc2c(N[C@@H](CC(=O)OCc3ccccc3)C(=O)OCc3ccccc3)nc(N)nc21. The highest BCUT2D eigenvalue weighted by Gasteiger charge is 2.27. The smallest absolute Gasteiger partial charge is 0.329 e. The standard InChI is InChI=1S/C24H25N7O4/c1-2-31-22-20(29-30-31)21(27-24(25)28-22)26-18(23(33)35-15-17-11-7-4-8-12-17)13-19(32)34-14-16-9-5-3-6-10-16/h3-12,18H,2,13-15H2,1H3,(H3,25,26,27,28)/t18-/m0/s1. The average Bonchev–Trinajstić information content (AvgIpc) is 3.30. The molecule has 4 aromatic rings. The normalized spacial score (nSPS) is 11.7. The molecule has 11 nitrogen and oxygen atoms in total. The van der Waals surface area contributed by atoms with Gasteiger partial charge in [0.25, 0.3) is 0 Å². The first-order valence-electron chi connectivity index (χ1n) is 11.1. The molecule has 180 valence electrons. The number of hydrogen-bond donors (Lipinski definition) is 2. The lowest BCUT2D eigenvalue weighted by Gasteiger charge is -2.18. The van der Waals surface area contributed by atoms with Gasteiger partial charge in [-0.15, -0.1) is 5.10 Å². The zero-order valence-corrected chi connectivity index (χ0v) is 19.1. The highest BCUT2D eigenvalue weighted by molar-refractivity contribution is 5.89. The monoisotopic (exact) mass is 475 g/mol. The third-order valence-electron chi connectivity index (χ3n) is 5.11. The summed E-state index contributed by atoms with van der Waals surface area (Å²) in [6, 6.07) is 17.4. The third-order valence-corrected chi connectivity index (χ3v) is 5.11. The molecule has 2 aromatic carbocycles. The predicted molar refractivity (Wildman–Crippen MR) is 128 cm³/mol. The van der Waals surface area contributed by atoms with Gasteiger partial charge in [0.2, 0.25) is 5.95 Å². The summed E-state index contributed by atoms with van der Waals surface area (Å²) in [5.74, 6) is -1.10. The van der Waals surface area contributed by atoms with E-state index in [1.165, 1.54) is 0 Å². The number of nitrogens with zero attached hydrogens (tertiary/aromatic N) is 5. The molecule has 0 aliphatic carbocycles. The number of nitrogen functional groups attached to an aromatic ring is 1. The molecule has 0 aliphatic heterocycles. The molecule has 0 bridgehead atoms. The van der Waals surface area contributed by atoms with E-state index in [9.17, 15) is 9.59 Å². The van der Waals surface area contributed by atoms with Gasteiger partial charge < -0.3 is 20.5 Å². The van der Waals surface area contributed by atoms with E-state index in [0.717, 1.165) is 11.1 Å². The Morgan fingerprint density at radius 3 is 2.23 bits per heavy atom. The molecular weight excluding hydrogens is 450 g/mol. The lowest BCUT2D eigenvalue weighted by Crippen LogP contribution is -2.34. The van der Waals surface area contributed by atoms with E-state index in [-0.39, 0.29) is 31.4 Å². The van der Waals surface area contributed by atoms with Crippen molar-refractivity contribution in [3.8, 4) is 0 Å². The molecule has 2 heterocycles. The molecular formula is C24H25N7O4. The molecule has 0 aliphatic rings. The molecule has 0 fully saturated rings. The fraction of sp³-hybridized carbons (Fsp3) is 0.250. The fourth-order valence-electron chi connectivity index (χ4n) is 3.34. The summed E-state index contributed by atoms with van der Waals surface area (Å²) in [5, 5.41) is 11.1. The number of rotatable bonds is 10. The number of aromatic nitrogens is 5. The first-order chi connectivity index (χ1) is 17.0. The Balaban J connectivity index is 1.52. The van der Waals surface area contributed by atoms with Gasteiger partial charge in [-0.1, -0.05) is 65.9 Å². The third kappa shape index (κ3) is 6.08. The molecule has 0 spiro atoms. The van der Waals surface area contributed by atoms with Crippen LogP contribution in [0.4, 0.5) is 11.8 Å². The van der Waals surface area contributed by atoms with Crippen LogP contribution in [-0.4, -0.2) is 42.9 Å². The van der Waals surface area contributed by atoms with Crippen molar-refractivity contribution in [3.05, 3.63) is 71.8 Å². The van der Waals surface area contributed by atoms with Crippen LogP contribution in [0.2, 0.25) is 0 Å². The van der Waals surface area contributed by atoms with Crippen LogP contribution in [-0.2, 0) is 38.8 Å². The Kier molecular flexibility index (Phi) is 7.46. The number of ether oxygens (including phenoxy) is 2. The molecule has 0 saturated carbocycles. The Labute approximate surface area is 201 Å². The van der Waals surface area contributed by atoms with E-state index in [1.54, 1.807) is 4.68 Å². The Hall–Kier alpha value is -4.54. The number of aryl methyl sites for hydroxylation is 1. The summed E-state index contributed by atoms with van der Waals surface area (Å²) < 4.78 is 12.4. The van der Waals surface area contributed by atoms with Crippen LogP contribution >= 0.6 is 0 Å². The largest absolute Gasteiger partial charge is 0.461 e. The number of carbonyl (C=O) groups excluding carboxylic acids is 2. The molecule has 3 N–H and O–H groups in total. The second kappa shape index (κ2) is 11.1. The molecule has 35 heavy (non-hydrogen) atoms. The minimum absolute atomic E-state index is 0.0277. The van der Waals surface area contributed by atoms with Gasteiger partial charge in [0.05, 0.1) is 6.42 Å². The topological polar surface area (TPSA) is 147 Å². The molecule has 2 aromatic heterocycles. The Bertz CT molecular complexity index is 1300. The maximum Gasteiger partial charge on any atom is 0.329 e. The summed E-state index contributed by atoms with van der Waals surface area (Å²) in [6.45, 7) is 2.53. The molecule has 0 radical (unpaired) electrons. The zero-order valence-electron chi connectivity index (χ0n) is 19.1. The summed E-state index contributed by atoms with van der Waals surface area (Å²) in [5.41, 5.74) is 8.24. The molecule has 1 atom stereocenters. The second-order valence-electron chi connectivity index (χ2n) is 7.65. The number of nitrogens with one attached hydrogen (secondary N) is 1. The van der Waals surface area contributed by atoms with Crippen LogP contribution in [0.5, 0.6) is 0 Å². The van der Waals surface area contributed by atoms with E-state index in [2.05, 4.69) is 25.6 Å². The Morgan fingerprint density at radius 2 is 1.60 bits per heavy atom. The van der Waals surface area contributed by atoms with E-state index in [0.29, 0.717) is 17.7 Å². The van der Waals surface area contributed by atoms with E-state index >= 15 is 0 Å². The van der Waals surface area contributed by atoms with Crippen LogP contribution in [0.15, 0.2) is 60.7 Å². The lowest BCUT2D eigenvalue weighted by molar-refractivity contribution is -0.152. The first kappa shape index (κ1) is 23.6. The van der Waals surface area contributed by atoms with Crippen molar-refractivity contribution in [1.82, 2.24) is 25.0 Å². The maximum absolute atomic E-state index is 13.0. The molecule has 4 rings (SSSR count). The quantitative estimate of drug-likeness (QED) is 0.328. The zero-order chi connectivity index (χ0) is 24.6. The minimum atomic E-state index is -1.11. The van der Waals surface area contributed by atoms with Crippen molar-refractivity contribution in [2.75, 3.05) is 11.1 Å². The van der Waals surface area contributed by atoms with Crippen LogP contribution in [0.25, 0.3) is 11.2 Å². The summed E-state index contributed by atoms with van der Waals surface area (Å²) in [6.07, 6.45) is -0.298. The average molecular weight is 476 g/mol. The van der Waals surface area contributed by atoms with Gasteiger partial charge in [-0.2, -0.15) is 9.97 Å². The first-order valence-corrected chi connectivity index (χ1v) is 11.1. The van der Waals surface area contributed by atoms with E-state index in [1.807, 2.05) is 67.6 Å². The maximum atomic E-state index is 13.0. The van der Waals surface area contributed by atoms with Crippen molar-refractivity contribution < 1.29 is 19.1 Å². The number of carbonyl (C=O) groups is 2. The highest BCUT2D eigenvalue weighted by atomic mass is 16.5. The number of hydrogen-bond acceptors (Lipinski definition) is 10. The predicted octanol–water partition coefficient (Wildman–Crippen LogP) is 2.48. The van der Waals surface area contributed by atoms with Crippen molar-refractivity contribution in [2.45, 2.75) is 39.1 Å². The van der Waals surface area contributed by atoms with E-state index < -0.39 is 18.0 Å². The molecule has 0 amide bonds. The summed E-state index contributed by atoms with van der Waals surface area (Å²) in [4.78, 5) is 34.0. The van der Waals surface area contributed by atoms with Crippen LogP contribution in [0.3, 0.4) is 0 Å². The van der Waals surface area contributed by atoms with Crippen molar-refractivity contribution in [3.63, 3.8) is 0 Å². The Morgan fingerprint density at radius 1 is 0.971 bits per heavy atom. The number of esters is 2. The fourth-order valence-corrected chi connectivity index (χ4v) is 3.34. The molecule has 0 saturated heterocycles. The van der Waals surface area contributed by atoms with Crippen LogP contribution in [0.1, 0.15) is 24.5 Å². The summed E-state index contributed by atoms with van der Waals surface area (Å²) >= 11 is 0. The number of benzene rings is 2. The molecule has 0 unspecified atom stereocenters. The number of fused-ring (bicyclic) bond motifs is 1. The van der Waals surface area contributed by atoms with Gasteiger partial charge in [0.15, 0.2) is 17.0 Å². The lowest BCUT2D eigenvalue weighted by atomic mass is 10.2. The minimum Gasteiger partial charge on any atom is -0.461 e. The second-order valence-corrected chi connectivity index (χ2v) is 7.65. The van der Waals surface area contributed by atoms with Gasteiger partial charge in [0, 0.05) is 6.54 Å². The van der Waals surface area contributed by atoms with Crippen molar-refractivity contribution in [1.29, 1.82) is 0 Å². The van der Waals surface area contributed by atoms with Gasteiger partial charge in [-0.3, -0.25) is 4.79 Å². The van der Waals surface area contributed by atoms with Crippen LogP contribution < -0.4 is 11.1 Å².